The van der Waals surface area contributed by atoms with E-state index < -0.39 is 0 Å². The summed E-state index contributed by atoms with van der Waals surface area (Å²) in [6.45, 7) is 7.26. The molecule has 1 N–H and O–H groups in total. The Morgan fingerprint density at radius 2 is 2.30 bits per heavy atom. The number of thioether (sulfide) groups is 1. The Morgan fingerprint density at radius 1 is 1.45 bits per heavy atom. The molecule has 1 saturated heterocycles. The predicted molar refractivity (Wildman–Crippen MR) is 87.7 cm³/mol. The Balaban J connectivity index is 1.81. The van der Waals surface area contributed by atoms with E-state index in [1.807, 2.05) is 0 Å². The minimum Gasteiger partial charge on any atom is -0.377 e. The van der Waals surface area contributed by atoms with Gasteiger partial charge in [0.2, 0.25) is 0 Å². The van der Waals surface area contributed by atoms with Crippen LogP contribution in [0.5, 0.6) is 0 Å². The zero-order valence-corrected chi connectivity index (χ0v) is 13.9. The summed E-state index contributed by atoms with van der Waals surface area (Å²) in [5.74, 6) is 1.68. The molecule has 1 heterocycles. The summed E-state index contributed by atoms with van der Waals surface area (Å²) in [6.07, 6.45) is 2.78. The lowest BCUT2D eigenvalue weighted by Crippen LogP contribution is -2.18. The van der Waals surface area contributed by atoms with E-state index in [4.69, 9.17) is 16.3 Å². The molecule has 1 aromatic carbocycles. The number of nitrogens with one attached hydrogen (secondary N) is 1. The molecule has 1 aliphatic heterocycles. The molecule has 0 bridgehead atoms. The molecule has 4 heteroatoms. The second-order valence-corrected chi connectivity index (χ2v) is 7.20. The molecule has 0 aliphatic carbocycles. The van der Waals surface area contributed by atoms with Gasteiger partial charge in [0.1, 0.15) is 0 Å². The largest absolute Gasteiger partial charge is 0.377 e. The summed E-state index contributed by atoms with van der Waals surface area (Å²) in [4.78, 5) is 1.16. The second kappa shape index (κ2) is 8.28. The summed E-state index contributed by atoms with van der Waals surface area (Å²) in [6, 6.07) is 6.37. The fourth-order valence-corrected chi connectivity index (χ4v) is 3.59. The third-order valence-corrected chi connectivity index (χ3v) is 4.96. The molecule has 0 aromatic heterocycles. The van der Waals surface area contributed by atoms with Crippen molar-refractivity contribution in [1.82, 2.24) is 5.32 Å². The molecular weight excluding hydrogens is 290 g/mol. The molecule has 0 spiro atoms. The lowest BCUT2D eigenvalue weighted by Gasteiger charge is -2.11. The molecule has 0 saturated carbocycles. The van der Waals surface area contributed by atoms with Gasteiger partial charge in [0, 0.05) is 23.8 Å². The number of benzene rings is 1. The van der Waals surface area contributed by atoms with Crippen LogP contribution in [0.3, 0.4) is 0 Å². The van der Waals surface area contributed by atoms with Crippen LogP contribution in [-0.4, -0.2) is 25.0 Å². The molecule has 1 unspecified atom stereocenters. The third kappa shape index (κ3) is 5.28. The van der Waals surface area contributed by atoms with Crippen molar-refractivity contribution < 1.29 is 4.74 Å². The number of rotatable bonds is 7. The maximum Gasteiger partial charge on any atom is 0.0669 e. The van der Waals surface area contributed by atoms with E-state index in [-0.39, 0.29) is 0 Å². The van der Waals surface area contributed by atoms with Crippen molar-refractivity contribution in [2.24, 2.45) is 5.92 Å². The average Bonchev–Trinajstić information content (AvgIpc) is 2.90. The fourth-order valence-electron chi connectivity index (χ4n) is 2.24. The maximum atomic E-state index is 6.37. The van der Waals surface area contributed by atoms with Crippen LogP contribution in [-0.2, 0) is 11.3 Å². The Kier molecular flexibility index (Phi) is 6.69. The van der Waals surface area contributed by atoms with Gasteiger partial charge in [-0.25, -0.2) is 0 Å². The summed E-state index contributed by atoms with van der Waals surface area (Å²) in [5.41, 5.74) is 1.25. The molecule has 112 valence electrons. The van der Waals surface area contributed by atoms with Crippen LogP contribution in [0.4, 0.5) is 0 Å². The normalized spacial score (nSPS) is 18.9. The second-order valence-electron chi connectivity index (χ2n) is 5.74. The van der Waals surface area contributed by atoms with Gasteiger partial charge in [-0.05, 0) is 43.0 Å². The summed E-state index contributed by atoms with van der Waals surface area (Å²) in [7, 11) is 0. The highest BCUT2D eigenvalue weighted by molar-refractivity contribution is 7.99. The van der Waals surface area contributed by atoms with Crippen LogP contribution < -0.4 is 5.32 Å². The van der Waals surface area contributed by atoms with Crippen molar-refractivity contribution in [2.75, 3.05) is 18.9 Å². The summed E-state index contributed by atoms with van der Waals surface area (Å²) < 4.78 is 5.64. The van der Waals surface area contributed by atoms with Gasteiger partial charge in [0.15, 0.2) is 0 Å². The van der Waals surface area contributed by atoms with E-state index in [9.17, 15) is 0 Å². The van der Waals surface area contributed by atoms with Gasteiger partial charge in [-0.2, -0.15) is 0 Å². The SMILES string of the molecule is CC(C)CNCc1ccc(SCC2CCCO2)c(Cl)c1. The van der Waals surface area contributed by atoms with Crippen molar-refractivity contribution in [3.8, 4) is 0 Å². The smallest absolute Gasteiger partial charge is 0.0669 e. The van der Waals surface area contributed by atoms with Crippen molar-refractivity contribution in [2.45, 2.75) is 44.2 Å². The number of hydrogen-bond donors (Lipinski definition) is 1. The Bertz CT molecular complexity index is 419. The van der Waals surface area contributed by atoms with Crippen LogP contribution in [0.25, 0.3) is 0 Å². The summed E-state index contributed by atoms with van der Waals surface area (Å²) in [5, 5.41) is 4.30. The third-order valence-electron chi connectivity index (χ3n) is 3.33. The summed E-state index contributed by atoms with van der Waals surface area (Å²) >= 11 is 8.17. The van der Waals surface area contributed by atoms with Crippen molar-refractivity contribution >= 4 is 23.4 Å². The quantitative estimate of drug-likeness (QED) is 0.756. The first-order valence-corrected chi connectivity index (χ1v) is 8.75. The molecule has 2 nitrogen and oxygen atoms in total. The fraction of sp³-hybridized carbons (Fsp3) is 0.625. The van der Waals surface area contributed by atoms with Crippen molar-refractivity contribution in [3.05, 3.63) is 28.8 Å². The van der Waals surface area contributed by atoms with Crippen LogP contribution in [0.15, 0.2) is 23.1 Å². The van der Waals surface area contributed by atoms with Crippen LogP contribution in [0.1, 0.15) is 32.3 Å². The van der Waals surface area contributed by atoms with Gasteiger partial charge in [-0.1, -0.05) is 31.5 Å². The molecule has 1 fully saturated rings. The van der Waals surface area contributed by atoms with E-state index in [2.05, 4.69) is 37.4 Å². The molecular formula is C16H24ClNOS. The highest BCUT2D eigenvalue weighted by Crippen LogP contribution is 2.30. The van der Waals surface area contributed by atoms with E-state index in [1.165, 1.54) is 18.4 Å². The zero-order chi connectivity index (χ0) is 14.4. The van der Waals surface area contributed by atoms with Crippen LogP contribution in [0, 0.1) is 5.92 Å². The average molecular weight is 314 g/mol. The van der Waals surface area contributed by atoms with Gasteiger partial charge in [-0.3, -0.25) is 0 Å². The number of ether oxygens (including phenoxy) is 1. The number of hydrogen-bond acceptors (Lipinski definition) is 3. The van der Waals surface area contributed by atoms with Gasteiger partial charge >= 0.3 is 0 Å². The predicted octanol–water partition coefficient (Wildman–Crippen LogP) is 4.36. The zero-order valence-electron chi connectivity index (χ0n) is 12.3. The molecule has 0 radical (unpaired) electrons. The van der Waals surface area contributed by atoms with Crippen LogP contribution in [0.2, 0.25) is 5.02 Å². The van der Waals surface area contributed by atoms with Gasteiger partial charge in [0.05, 0.1) is 11.1 Å². The van der Waals surface area contributed by atoms with Gasteiger partial charge < -0.3 is 10.1 Å². The van der Waals surface area contributed by atoms with Gasteiger partial charge in [-0.15, -0.1) is 11.8 Å². The van der Waals surface area contributed by atoms with Crippen molar-refractivity contribution in [3.63, 3.8) is 0 Å². The van der Waals surface area contributed by atoms with E-state index in [0.29, 0.717) is 12.0 Å². The minimum atomic E-state index is 0.406. The molecule has 1 aromatic rings. The lowest BCUT2D eigenvalue weighted by molar-refractivity contribution is 0.129. The maximum absolute atomic E-state index is 6.37. The first kappa shape index (κ1) is 16.2. The van der Waals surface area contributed by atoms with E-state index in [1.54, 1.807) is 11.8 Å². The highest BCUT2D eigenvalue weighted by atomic mass is 35.5. The van der Waals surface area contributed by atoms with Gasteiger partial charge in [0.25, 0.3) is 0 Å². The lowest BCUT2D eigenvalue weighted by atomic mass is 10.2. The first-order valence-electron chi connectivity index (χ1n) is 7.38. The standard InChI is InChI=1S/C16H24ClNOS/c1-12(2)9-18-10-13-5-6-16(15(17)8-13)20-11-14-4-3-7-19-14/h5-6,8,12,14,18H,3-4,7,9-11H2,1-2H3. The first-order chi connectivity index (χ1) is 9.65. The molecule has 1 atom stereocenters. The highest BCUT2D eigenvalue weighted by Gasteiger charge is 2.16. The topological polar surface area (TPSA) is 21.3 Å². The molecule has 0 amide bonds. The molecule has 2 rings (SSSR count). The Labute approximate surface area is 131 Å². The van der Waals surface area contributed by atoms with E-state index in [0.717, 1.165) is 35.4 Å². The number of halogens is 1. The minimum absolute atomic E-state index is 0.406. The Hall–Kier alpha value is -0.220. The van der Waals surface area contributed by atoms with Crippen LogP contribution >= 0.6 is 23.4 Å². The molecule has 20 heavy (non-hydrogen) atoms. The molecule has 1 aliphatic rings. The van der Waals surface area contributed by atoms with E-state index >= 15 is 0 Å². The Morgan fingerprint density at radius 3 is 2.95 bits per heavy atom. The monoisotopic (exact) mass is 313 g/mol. The van der Waals surface area contributed by atoms with Crippen molar-refractivity contribution in [1.29, 1.82) is 0 Å².